The molecule has 154 valence electrons. The van der Waals surface area contributed by atoms with E-state index in [2.05, 4.69) is 20.2 Å². The lowest BCUT2D eigenvalue weighted by molar-refractivity contribution is 0.411. The van der Waals surface area contributed by atoms with Crippen LogP contribution in [0.15, 0.2) is 18.3 Å². The highest BCUT2D eigenvalue weighted by Crippen LogP contribution is 2.40. The first kappa shape index (κ1) is 18.1. The molecule has 4 aromatic rings. The molecule has 0 aliphatic carbocycles. The Morgan fingerprint density at radius 1 is 1.17 bits per heavy atom. The monoisotopic (exact) mass is 422 g/mol. The minimum absolute atomic E-state index is 0.291. The van der Waals surface area contributed by atoms with E-state index in [-0.39, 0.29) is 0 Å². The molecule has 0 amide bonds. The first-order valence-electron chi connectivity index (χ1n) is 10.4. The van der Waals surface area contributed by atoms with Crippen LogP contribution in [0.5, 0.6) is 0 Å². The standard InChI is InChI=1S/C21H23ClN8/c1-10-21(30-12-3-4-13(30)8-11(23)7-12)25-20-19(24-10)18(26-27-20)14-5-6-16-15(17(14)22)9-29(2)28-16/h5-6,9,11-13H,3-4,7-8,23H2,1-2H3,(H,25,26,27)/t11-,12+,13-. The van der Waals surface area contributed by atoms with Crippen LogP contribution in [-0.2, 0) is 7.05 Å². The van der Waals surface area contributed by atoms with Crippen LogP contribution >= 0.6 is 11.6 Å². The van der Waals surface area contributed by atoms with Gasteiger partial charge in [0.15, 0.2) is 11.5 Å². The van der Waals surface area contributed by atoms with Crippen molar-refractivity contribution < 1.29 is 0 Å². The second kappa shape index (κ2) is 6.39. The van der Waals surface area contributed by atoms with E-state index in [0.29, 0.717) is 34.5 Å². The zero-order chi connectivity index (χ0) is 20.6. The molecule has 2 aliphatic rings. The van der Waals surface area contributed by atoms with Crippen LogP contribution in [0.25, 0.3) is 33.3 Å². The fourth-order valence-corrected chi connectivity index (χ4v) is 5.57. The van der Waals surface area contributed by atoms with Crippen molar-refractivity contribution in [1.82, 2.24) is 29.9 Å². The number of fused-ring (bicyclic) bond motifs is 4. The zero-order valence-corrected chi connectivity index (χ0v) is 17.7. The average Bonchev–Trinajstić information content (AvgIpc) is 3.36. The summed E-state index contributed by atoms with van der Waals surface area (Å²) in [6.45, 7) is 2.03. The van der Waals surface area contributed by atoms with E-state index in [1.54, 1.807) is 4.68 Å². The van der Waals surface area contributed by atoms with Gasteiger partial charge in [-0.25, -0.2) is 9.97 Å². The van der Waals surface area contributed by atoms with Gasteiger partial charge in [0.25, 0.3) is 0 Å². The minimum Gasteiger partial charge on any atom is -0.349 e. The molecule has 2 aliphatic heterocycles. The number of anilines is 1. The molecule has 0 unspecified atom stereocenters. The highest BCUT2D eigenvalue weighted by atomic mass is 35.5. The minimum atomic E-state index is 0.291. The van der Waals surface area contributed by atoms with Gasteiger partial charge in [-0.3, -0.25) is 9.78 Å². The van der Waals surface area contributed by atoms with Gasteiger partial charge in [-0.2, -0.15) is 10.2 Å². The van der Waals surface area contributed by atoms with Gasteiger partial charge in [-0.15, -0.1) is 0 Å². The van der Waals surface area contributed by atoms with Crippen molar-refractivity contribution in [3.63, 3.8) is 0 Å². The van der Waals surface area contributed by atoms with Gasteiger partial charge in [0.05, 0.1) is 16.2 Å². The topological polar surface area (TPSA) is 102 Å². The molecule has 2 bridgehead atoms. The predicted octanol–water partition coefficient (Wildman–Crippen LogP) is 3.33. The van der Waals surface area contributed by atoms with Crippen LogP contribution < -0.4 is 10.6 Å². The third kappa shape index (κ3) is 2.56. The molecule has 6 rings (SSSR count). The smallest absolute Gasteiger partial charge is 0.177 e. The van der Waals surface area contributed by atoms with Gasteiger partial charge in [0, 0.05) is 42.3 Å². The van der Waals surface area contributed by atoms with Gasteiger partial charge in [0.1, 0.15) is 11.2 Å². The molecule has 3 N–H and O–H groups in total. The summed E-state index contributed by atoms with van der Waals surface area (Å²) in [5.74, 6) is 0.950. The normalized spacial score (nSPS) is 23.7. The zero-order valence-electron chi connectivity index (χ0n) is 16.9. The number of piperidine rings is 1. The lowest BCUT2D eigenvalue weighted by Crippen LogP contribution is -2.48. The molecular formula is C21H23ClN8. The summed E-state index contributed by atoms with van der Waals surface area (Å²) in [6.07, 6.45) is 6.30. The molecule has 2 saturated heterocycles. The molecule has 3 aromatic heterocycles. The predicted molar refractivity (Wildman–Crippen MR) is 118 cm³/mol. The summed E-state index contributed by atoms with van der Waals surface area (Å²) < 4.78 is 1.76. The molecule has 9 heteroatoms. The molecule has 1 aromatic carbocycles. The Bertz CT molecular complexity index is 1280. The molecular weight excluding hydrogens is 400 g/mol. The quantitative estimate of drug-likeness (QED) is 0.513. The Morgan fingerprint density at radius 2 is 1.93 bits per heavy atom. The molecule has 8 nitrogen and oxygen atoms in total. The van der Waals surface area contributed by atoms with Crippen molar-refractivity contribution in [2.24, 2.45) is 12.8 Å². The third-order valence-electron chi connectivity index (χ3n) is 6.55. The second-order valence-corrected chi connectivity index (χ2v) is 8.97. The molecule has 2 fully saturated rings. The fraction of sp³-hybridized carbons (Fsp3) is 0.429. The average molecular weight is 423 g/mol. The first-order chi connectivity index (χ1) is 14.5. The maximum absolute atomic E-state index is 6.72. The Kier molecular flexibility index (Phi) is 3.85. The summed E-state index contributed by atoms with van der Waals surface area (Å²) >= 11 is 6.72. The van der Waals surface area contributed by atoms with Crippen LogP contribution in [0.3, 0.4) is 0 Å². The van der Waals surface area contributed by atoms with Gasteiger partial charge in [-0.1, -0.05) is 11.6 Å². The Balaban J connectivity index is 1.46. The SMILES string of the molecule is Cc1nc2c(-c3ccc4nn(C)cc4c3Cl)n[nH]c2nc1N1[C@@H]2CC[C@H]1C[C@@H](N)C2. The van der Waals surface area contributed by atoms with Crippen molar-refractivity contribution in [2.45, 2.75) is 50.7 Å². The van der Waals surface area contributed by atoms with E-state index >= 15 is 0 Å². The van der Waals surface area contributed by atoms with Gasteiger partial charge < -0.3 is 10.6 Å². The van der Waals surface area contributed by atoms with Crippen LogP contribution in [-0.4, -0.2) is 48.1 Å². The molecule has 30 heavy (non-hydrogen) atoms. The number of aryl methyl sites for hydroxylation is 2. The largest absolute Gasteiger partial charge is 0.349 e. The van der Waals surface area contributed by atoms with Crippen molar-refractivity contribution in [2.75, 3.05) is 4.90 Å². The Hall–Kier alpha value is -2.71. The highest BCUT2D eigenvalue weighted by molar-refractivity contribution is 6.38. The van der Waals surface area contributed by atoms with E-state index < -0.39 is 0 Å². The number of hydrogen-bond donors (Lipinski definition) is 2. The summed E-state index contributed by atoms with van der Waals surface area (Å²) in [5, 5.41) is 13.6. The number of nitrogens with one attached hydrogen (secondary N) is 1. The molecule has 5 heterocycles. The molecule has 3 atom stereocenters. The number of rotatable bonds is 2. The number of benzene rings is 1. The maximum atomic E-state index is 6.72. The number of nitrogens with two attached hydrogens (primary N) is 1. The summed E-state index contributed by atoms with van der Waals surface area (Å²) in [6, 6.07) is 5.10. The van der Waals surface area contributed by atoms with Crippen LogP contribution in [0.4, 0.5) is 5.82 Å². The lowest BCUT2D eigenvalue weighted by Gasteiger charge is -2.39. The molecule has 0 radical (unpaired) electrons. The molecule has 0 saturated carbocycles. The number of halogens is 1. The number of aromatic amines is 1. The van der Waals surface area contributed by atoms with Crippen LogP contribution in [0, 0.1) is 6.92 Å². The Labute approximate surface area is 178 Å². The summed E-state index contributed by atoms with van der Waals surface area (Å²) in [4.78, 5) is 12.3. The van der Waals surface area contributed by atoms with Crippen molar-refractivity contribution >= 4 is 39.5 Å². The van der Waals surface area contributed by atoms with Crippen LogP contribution in [0.1, 0.15) is 31.4 Å². The van der Waals surface area contributed by atoms with Gasteiger partial charge in [0.2, 0.25) is 0 Å². The van der Waals surface area contributed by atoms with Crippen molar-refractivity contribution in [1.29, 1.82) is 0 Å². The number of aromatic nitrogens is 6. The highest BCUT2D eigenvalue weighted by Gasteiger charge is 2.41. The first-order valence-corrected chi connectivity index (χ1v) is 10.8. The second-order valence-electron chi connectivity index (χ2n) is 8.59. The van der Waals surface area contributed by atoms with E-state index in [4.69, 9.17) is 27.3 Å². The Morgan fingerprint density at radius 3 is 2.70 bits per heavy atom. The maximum Gasteiger partial charge on any atom is 0.177 e. The lowest BCUT2D eigenvalue weighted by atomic mass is 9.98. The number of H-pyrrole nitrogens is 1. The summed E-state index contributed by atoms with van der Waals surface area (Å²) in [7, 11) is 1.89. The molecule has 0 spiro atoms. The van der Waals surface area contributed by atoms with E-state index in [1.807, 2.05) is 32.3 Å². The van der Waals surface area contributed by atoms with E-state index in [0.717, 1.165) is 46.3 Å². The van der Waals surface area contributed by atoms with Gasteiger partial charge >= 0.3 is 0 Å². The number of nitrogens with zero attached hydrogens (tertiary/aromatic N) is 6. The van der Waals surface area contributed by atoms with E-state index in [1.165, 1.54) is 12.8 Å². The van der Waals surface area contributed by atoms with Gasteiger partial charge in [-0.05, 0) is 44.7 Å². The number of hydrogen-bond acceptors (Lipinski definition) is 6. The van der Waals surface area contributed by atoms with Crippen molar-refractivity contribution in [3.05, 3.63) is 29.0 Å². The fourth-order valence-electron chi connectivity index (χ4n) is 5.27. The van der Waals surface area contributed by atoms with E-state index in [9.17, 15) is 0 Å². The third-order valence-corrected chi connectivity index (χ3v) is 6.96. The van der Waals surface area contributed by atoms with Crippen LogP contribution in [0.2, 0.25) is 5.02 Å². The summed E-state index contributed by atoms with van der Waals surface area (Å²) in [5.41, 5.74) is 11.0. The van der Waals surface area contributed by atoms with Crippen molar-refractivity contribution in [3.8, 4) is 11.3 Å².